The fourth-order valence-electron chi connectivity index (χ4n) is 5.95. The van der Waals surface area contributed by atoms with Gasteiger partial charge in [0.05, 0.1) is 5.56 Å². The highest BCUT2D eigenvalue weighted by atomic mass is 19.1. The Kier molecular flexibility index (Phi) is 9.70. The maximum Gasteiger partial charge on any atom is 0.141 e. The van der Waals surface area contributed by atoms with Crippen molar-refractivity contribution in [3.05, 3.63) is 35.1 Å². The molecule has 2 aliphatic rings. The molecule has 0 amide bonds. The Hall–Kier alpha value is -1.36. The molecule has 0 heterocycles. The first-order valence-electron chi connectivity index (χ1n) is 12.9. The highest BCUT2D eigenvalue weighted by Gasteiger charge is 2.24. The summed E-state index contributed by atoms with van der Waals surface area (Å²) in [6.07, 6.45) is 22.3. The summed E-state index contributed by atoms with van der Waals surface area (Å²) in [7, 11) is 0. The second-order valence-corrected chi connectivity index (χ2v) is 10.3. The number of nitrogens with zero attached hydrogens (tertiary/aromatic N) is 1. The van der Waals surface area contributed by atoms with Crippen molar-refractivity contribution in [1.29, 1.82) is 5.26 Å². The van der Waals surface area contributed by atoms with Crippen LogP contribution in [0.15, 0.2) is 18.2 Å². The summed E-state index contributed by atoms with van der Waals surface area (Å²) < 4.78 is 13.8. The molecule has 1 nitrogen and oxygen atoms in total. The number of hydrogen-bond donors (Lipinski definition) is 0. The Balaban J connectivity index is 1.27. The number of benzene rings is 1. The van der Waals surface area contributed by atoms with Gasteiger partial charge >= 0.3 is 0 Å². The first-order valence-corrected chi connectivity index (χ1v) is 12.9. The van der Waals surface area contributed by atoms with Crippen molar-refractivity contribution >= 4 is 0 Å². The monoisotopic (exact) mass is 411 g/mol. The van der Waals surface area contributed by atoms with E-state index in [2.05, 4.69) is 6.92 Å². The van der Waals surface area contributed by atoms with E-state index in [1.807, 2.05) is 12.1 Å². The minimum Gasteiger partial charge on any atom is -0.206 e. The predicted octanol–water partition coefficient (Wildman–Crippen LogP) is 8.60. The van der Waals surface area contributed by atoms with Crippen LogP contribution in [0.2, 0.25) is 0 Å². The van der Waals surface area contributed by atoms with Crippen molar-refractivity contribution in [2.24, 2.45) is 23.7 Å². The van der Waals surface area contributed by atoms with Crippen molar-refractivity contribution in [2.75, 3.05) is 0 Å². The normalized spacial score (nSPS) is 27.0. The molecule has 0 spiro atoms. The highest BCUT2D eigenvalue weighted by Crippen LogP contribution is 2.38. The van der Waals surface area contributed by atoms with Crippen LogP contribution >= 0.6 is 0 Å². The van der Waals surface area contributed by atoms with E-state index in [9.17, 15) is 4.39 Å². The number of aryl methyl sites for hydroxylation is 1. The Labute approximate surface area is 184 Å². The van der Waals surface area contributed by atoms with Crippen LogP contribution in [-0.4, -0.2) is 0 Å². The molecule has 3 rings (SSSR count). The summed E-state index contributed by atoms with van der Waals surface area (Å²) in [5.74, 6) is 3.44. The second kappa shape index (κ2) is 12.5. The molecule has 30 heavy (non-hydrogen) atoms. The van der Waals surface area contributed by atoms with Gasteiger partial charge in [-0.15, -0.1) is 0 Å². The molecule has 0 aromatic heterocycles. The average molecular weight is 412 g/mol. The third-order valence-electron chi connectivity index (χ3n) is 8.13. The Morgan fingerprint density at radius 3 is 1.83 bits per heavy atom. The van der Waals surface area contributed by atoms with Crippen LogP contribution in [0.3, 0.4) is 0 Å². The molecular formula is C28H42FN. The molecule has 0 atom stereocenters. The Morgan fingerprint density at radius 1 is 0.800 bits per heavy atom. The number of unbranched alkanes of at least 4 members (excludes halogenated alkanes) is 2. The van der Waals surface area contributed by atoms with Gasteiger partial charge in [0, 0.05) is 0 Å². The molecule has 0 unspecified atom stereocenters. The van der Waals surface area contributed by atoms with Gasteiger partial charge in [0.1, 0.15) is 11.9 Å². The summed E-state index contributed by atoms with van der Waals surface area (Å²) in [6.45, 7) is 2.31. The molecule has 166 valence electrons. The lowest BCUT2D eigenvalue weighted by Crippen LogP contribution is -2.18. The van der Waals surface area contributed by atoms with Crippen molar-refractivity contribution in [3.63, 3.8) is 0 Å². The van der Waals surface area contributed by atoms with E-state index in [4.69, 9.17) is 5.26 Å². The van der Waals surface area contributed by atoms with Crippen LogP contribution in [-0.2, 0) is 6.42 Å². The maximum absolute atomic E-state index is 13.8. The van der Waals surface area contributed by atoms with E-state index in [1.165, 1.54) is 96.3 Å². The van der Waals surface area contributed by atoms with Crippen LogP contribution < -0.4 is 0 Å². The predicted molar refractivity (Wildman–Crippen MR) is 124 cm³/mol. The quantitative estimate of drug-likeness (QED) is 0.353. The van der Waals surface area contributed by atoms with Gasteiger partial charge in [-0.25, -0.2) is 4.39 Å². The third kappa shape index (κ3) is 7.40. The van der Waals surface area contributed by atoms with Crippen molar-refractivity contribution < 1.29 is 4.39 Å². The molecule has 0 N–H and O–H groups in total. The van der Waals surface area contributed by atoms with E-state index >= 15 is 0 Å². The summed E-state index contributed by atoms with van der Waals surface area (Å²) in [6, 6.07) is 7.01. The topological polar surface area (TPSA) is 23.8 Å². The van der Waals surface area contributed by atoms with E-state index < -0.39 is 0 Å². The van der Waals surface area contributed by atoms with Crippen LogP contribution in [0.5, 0.6) is 0 Å². The number of rotatable bonds is 10. The van der Waals surface area contributed by atoms with E-state index in [0.717, 1.165) is 35.7 Å². The molecule has 2 saturated carbocycles. The van der Waals surface area contributed by atoms with E-state index in [0.29, 0.717) is 0 Å². The molecule has 1 aromatic carbocycles. The van der Waals surface area contributed by atoms with Crippen LogP contribution in [0.1, 0.15) is 114 Å². The van der Waals surface area contributed by atoms with Gasteiger partial charge in [0.25, 0.3) is 0 Å². The van der Waals surface area contributed by atoms with Crippen LogP contribution in [0.4, 0.5) is 4.39 Å². The molecular weight excluding hydrogens is 369 g/mol. The molecule has 2 aliphatic carbocycles. The molecule has 0 bridgehead atoms. The molecule has 0 radical (unpaired) electrons. The van der Waals surface area contributed by atoms with Crippen molar-refractivity contribution in [3.8, 4) is 6.07 Å². The number of hydrogen-bond acceptors (Lipinski definition) is 1. The fraction of sp³-hybridized carbons (Fsp3) is 0.750. The maximum atomic E-state index is 13.8. The van der Waals surface area contributed by atoms with Gasteiger partial charge in [-0.3, -0.25) is 0 Å². The third-order valence-corrected chi connectivity index (χ3v) is 8.13. The largest absolute Gasteiger partial charge is 0.206 e. The van der Waals surface area contributed by atoms with Gasteiger partial charge in [0.15, 0.2) is 0 Å². The molecule has 1 aromatic rings. The first kappa shape index (κ1) is 23.3. The second-order valence-electron chi connectivity index (χ2n) is 10.3. The number of halogens is 1. The smallest absolute Gasteiger partial charge is 0.141 e. The van der Waals surface area contributed by atoms with Crippen LogP contribution in [0.25, 0.3) is 0 Å². The lowest BCUT2D eigenvalue weighted by Gasteiger charge is -2.32. The lowest BCUT2D eigenvalue weighted by molar-refractivity contribution is 0.208. The van der Waals surface area contributed by atoms with Crippen LogP contribution in [0, 0.1) is 40.8 Å². The zero-order chi connectivity index (χ0) is 21.2. The Morgan fingerprint density at radius 2 is 1.33 bits per heavy atom. The summed E-state index contributed by atoms with van der Waals surface area (Å²) >= 11 is 0. The first-order chi connectivity index (χ1) is 14.7. The standard InChI is InChI=1S/C28H42FN/c1-2-3-4-5-22-6-8-23(9-7-22)10-11-24-12-14-25(15-13-24)16-17-26-18-19-27(21-30)28(29)20-26/h18-20,22-25H,2-17H2,1H3/t22-,23-,24-,25-. The minimum atomic E-state index is -0.367. The average Bonchev–Trinajstić information content (AvgIpc) is 2.78. The molecule has 0 saturated heterocycles. The van der Waals surface area contributed by atoms with E-state index in [-0.39, 0.29) is 11.4 Å². The van der Waals surface area contributed by atoms with Gasteiger partial charge in [-0.1, -0.05) is 103 Å². The summed E-state index contributed by atoms with van der Waals surface area (Å²) in [4.78, 5) is 0. The van der Waals surface area contributed by atoms with Gasteiger partial charge in [-0.05, 0) is 54.2 Å². The fourth-order valence-corrected chi connectivity index (χ4v) is 5.95. The van der Waals surface area contributed by atoms with E-state index in [1.54, 1.807) is 12.1 Å². The van der Waals surface area contributed by atoms with Gasteiger partial charge < -0.3 is 0 Å². The van der Waals surface area contributed by atoms with Crippen molar-refractivity contribution in [1.82, 2.24) is 0 Å². The summed E-state index contributed by atoms with van der Waals surface area (Å²) in [5.41, 5.74) is 1.20. The molecule has 0 aliphatic heterocycles. The zero-order valence-corrected chi connectivity index (χ0v) is 19.2. The zero-order valence-electron chi connectivity index (χ0n) is 19.2. The van der Waals surface area contributed by atoms with Crippen molar-refractivity contribution in [2.45, 2.75) is 110 Å². The Bertz CT molecular complexity index is 660. The number of nitriles is 1. The lowest BCUT2D eigenvalue weighted by atomic mass is 9.74. The van der Waals surface area contributed by atoms with Gasteiger partial charge in [0.2, 0.25) is 0 Å². The highest BCUT2D eigenvalue weighted by molar-refractivity contribution is 5.33. The SMILES string of the molecule is CCCCC[C@H]1CC[C@H](CC[C@H]2CC[C@H](CCc3ccc(C#N)c(F)c3)CC2)CC1. The molecule has 2 fully saturated rings. The summed E-state index contributed by atoms with van der Waals surface area (Å²) in [5, 5.41) is 8.86. The minimum absolute atomic E-state index is 0.157. The molecule has 2 heteroatoms. The van der Waals surface area contributed by atoms with Gasteiger partial charge in [-0.2, -0.15) is 5.26 Å².